The molecular weight excluding hydrogens is 150 g/mol. The van der Waals surface area contributed by atoms with Gasteiger partial charge in [-0.1, -0.05) is 26.8 Å². The first-order chi connectivity index (χ1) is 5.55. The molecule has 0 aliphatic rings. The van der Waals surface area contributed by atoms with Crippen molar-refractivity contribution in [2.75, 3.05) is 0 Å². The van der Waals surface area contributed by atoms with Crippen LogP contribution in [0.25, 0.3) is 0 Å². The van der Waals surface area contributed by atoms with E-state index in [4.69, 9.17) is 0 Å². The molecule has 0 bridgehead atoms. The topological polar surface area (TPSA) is 30.0 Å². The molecule has 0 atom stereocenters. The maximum absolute atomic E-state index is 10.6. The van der Waals surface area contributed by atoms with Crippen LogP contribution < -0.4 is 0 Å². The van der Waals surface area contributed by atoms with Gasteiger partial charge in [0, 0.05) is 5.41 Å². The minimum absolute atomic E-state index is 0.109. The van der Waals surface area contributed by atoms with Crippen LogP contribution in [0, 0.1) is 12.1 Å². The zero-order valence-electron chi connectivity index (χ0n) is 7.51. The monoisotopic (exact) mass is 161 g/mol. The molecule has 0 aliphatic heterocycles. The number of aldehydes is 1. The van der Waals surface area contributed by atoms with Crippen molar-refractivity contribution >= 4 is 6.29 Å². The molecule has 0 unspecified atom stereocenters. The molecule has 0 amide bonds. The highest BCUT2D eigenvalue weighted by Gasteiger charge is 2.18. The van der Waals surface area contributed by atoms with Gasteiger partial charge in [0.2, 0.25) is 0 Å². The smallest absolute Gasteiger partial charge is 0.160 e. The highest BCUT2D eigenvalue weighted by atomic mass is 16.1. The third-order valence-corrected chi connectivity index (χ3v) is 1.55. The SMILES string of the molecule is CC(C)(C)c1ncc#cc1C=O. The number of rotatable bonds is 1. The van der Waals surface area contributed by atoms with Crippen molar-refractivity contribution in [2.45, 2.75) is 26.2 Å². The molecule has 2 heteroatoms. The predicted octanol–water partition coefficient (Wildman–Crippen LogP) is 1.79. The van der Waals surface area contributed by atoms with Crippen LogP contribution in [0.2, 0.25) is 0 Å². The van der Waals surface area contributed by atoms with Crippen molar-refractivity contribution in [3.05, 3.63) is 29.6 Å². The zero-order valence-corrected chi connectivity index (χ0v) is 7.51. The molecular formula is C10H11NO. The van der Waals surface area contributed by atoms with E-state index in [0.717, 1.165) is 12.0 Å². The Hall–Kier alpha value is -1.36. The van der Waals surface area contributed by atoms with Gasteiger partial charge < -0.3 is 0 Å². The Kier molecular flexibility index (Phi) is 2.14. The number of hydrogen-bond acceptors (Lipinski definition) is 2. The third-order valence-electron chi connectivity index (χ3n) is 1.55. The minimum atomic E-state index is -0.109. The maximum Gasteiger partial charge on any atom is 0.160 e. The van der Waals surface area contributed by atoms with Crippen molar-refractivity contribution in [2.24, 2.45) is 0 Å². The number of carbonyl (C=O) groups is 1. The molecule has 0 saturated heterocycles. The summed E-state index contributed by atoms with van der Waals surface area (Å²) in [5, 5.41) is 0. The van der Waals surface area contributed by atoms with Gasteiger partial charge in [0.1, 0.15) is 0 Å². The van der Waals surface area contributed by atoms with E-state index in [1.807, 2.05) is 20.8 Å². The summed E-state index contributed by atoms with van der Waals surface area (Å²) in [6.45, 7) is 6.03. The molecule has 0 aromatic carbocycles. The number of carbonyl (C=O) groups excluding carboxylic acids is 1. The van der Waals surface area contributed by atoms with Gasteiger partial charge in [0.05, 0.1) is 17.5 Å². The van der Waals surface area contributed by atoms with Crippen LogP contribution in [0.3, 0.4) is 0 Å². The Bertz CT molecular complexity index is 286. The zero-order chi connectivity index (χ0) is 9.19. The van der Waals surface area contributed by atoms with Crippen LogP contribution in [-0.2, 0) is 5.41 Å². The van der Waals surface area contributed by atoms with Crippen molar-refractivity contribution in [1.82, 2.24) is 4.98 Å². The highest BCUT2D eigenvalue weighted by molar-refractivity contribution is 5.75. The first-order valence-corrected chi connectivity index (χ1v) is 3.79. The van der Waals surface area contributed by atoms with E-state index < -0.39 is 0 Å². The average Bonchev–Trinajstić information content (AvgIpc) is 2.03. The van der Waals surface area contributed by atoms with Gasteiger partial charge in [-0.05, 0) is 6.07 Å². The first kappa shape index (κ1) is 8.73. The average molecular weight is 161 g/mol. The first-order valence-electron chi connectivity index (χ1n) is 3.79. The van der Waals surface area contributed by atoms with Crippen LogP contribution in [0.15, 0.2) is 6.20 Å². The molecule has 1 aromatic heterocycles. The third kappa shape index (κ3) is 1.62. The molecule has 1 aromatic rings. The van der Waals surface area contributed by atoms with Crippen LogP contribution in [0.4, 0.5) is 0 Å². The van der Waals surface area contributed by atoms with E-state index in [2.05, 4.69) is 17.1 Å². The number of hydrogen-bond donors (Lipinski definition) is 0. The highest BCUT2D eigenvalue weighted by Crippen LogP contribution is 2.20. The Morgan fingerprint density at radius 1 is 1.50 bits per heavy atom. The van der Waals surface area contributed by atoms with E-state index in [0.29, 0.717) is 5.56 Å². The van der Waals surface area contributed by atoms with Crippen molar-refractivity contribution in [3.8, 4) is 0 Å². The van der Waals surface area contributed by atoms with Crippen molar-refractivity contribution < 1.29 is 4.79 Å². The van der Waals surface area contributed by atoms with E-state index in [1.165, 1.54) is 6.20 Å². The predicted molar refractivity (Wildman–Crippen MR) is 46.0 cm³/mol. The molecule has 62 valence electrons. The molecule has 12 heavy (non-hydrogen) atoms. The van der Waals surface area contributed by atoms with Gasteiger partial charge in [-0.25, -0.2) is 0 Å². The fourth-order valence-corrected chi connectivity index (χ4v) is 1.02. The molecule has 0 aliphatic carbocycles. The standard InChI is InChI=1S/C10H11NO/c1-10(2,3)9-8(7-12)5-4-6-11-9/h6-7H,1-3H3. The van der Waals surface area contributed by atoms with Crippen LogP contribution in [0.5, 0.6) is 0 Å². The second-order valence-electron chi connectivity index (χ2n) is 3.66. The maximum atomic E-state index is 10.6. The van der Waals surface area contributed by atoms with Gasteiger partial charge >= 0.3 is 0 Å². The van der Waals surface area contributed by atoms with Crippen molar-refractivity contribution in [3.63, 3.8) is 0 Å². The number of aromatic nitrogens is 1. The van der Waals surface area contributed by atoms with Gasteiger partial charge in [0.15, 0.2) is 6.29 Å². The Morgan fingerprint density at radius 2 is 2.17 bits per heavy atom. The lowest BCUT2D eigenvalue weighted by molar-refractivity contribution is 0.112. The van der Waals surface area contributed by atoms with E-state index in [9.17, 15) is 4.79 Å². The lowest BCUT2D eigenvalue weighted by Crippen LogP contribution is -2.15. The molecule has 0 radical (unpaired) electrons. The summed E-state index contributed by atoms with van der Waals surface area (Å²) >= 11 is 0. The Morgan fingerprint density at radius 3 is 2.58 bits per heavy atom. The lowest BCUT2D eigenvalue weighted by Gasteiger charge is -2.17. The summed E-state index contributed by atoms with van der Waals surface area (Å²) < 4.78 is 0. The number of nitrogens with zero attached hydrogens (tertiary/aromatic N) is 1. The normalized spacial score (nSPS) is 10.6. The van der Waals surface area contributed by atoms with E-state index in [1.54, 1.807) is 0 Å². The molecule has 2 nitrogen and oxygen atoms in total. The summed E-state index contributed by atoms with van der Waals surface area (Å²) in [4.78, 5) is 14.7. The molecule has 0 spiro atoms. The molecule has 0 saturated carbocycles. The van der Waals surface area contributed by atoms with Crippen LogP contribution in [0.1, 0.15) is 36.8 Å². The minimum Gasteiger partial charge on any atom is -0.297 e. The lowest BCUT2D eigenvalue weighted by atomic mass is 9.89. The van der Waals surface area contributed by atoms with Gasteiger partial charge in [-0.2, -0.15) is 0 Å². The second kappa shape index (κ2) is 2.94. The van der Waals surface area contributed by atoms with Gasteiger partial charge in [0.25, 0.3) is 0 Å². The summed E-state index contributed by atoms with van der Waals surface area (Å²) in [5.41, 5.74) is 1.17. The summed E-state index contributed by atoms with van der Waals surface area (Å²) in [5.74, 6) is 0. The van der Waals surface area contributed by atoms with E-state index in [-0.39, 0.29) is 5.41 Å². The van der Waals surface area contributed by atoms with E-state index >= 15 is 0 Å². The fourth-order valence-electron chi connectivity index (χ4n) is 1.02. The quantitative estimate of drug-likeness (QED) is 0.588. The summed E-state index contributed by atoms with van der Waals surface area (Å²) in [6.07, 6.45) is 2.30. The molecule has 1 heterocycles. The largest absolute Gasteiger partial charge is 0.297 e. The second-order valence-corrected chi connectivity index (χ2v) is 3.66. The molecule has 0 N–H and O–H groups in total. The Balaban J connectivity index is 3.23. The van der Waals surface area contributed by atoms with Crippen LogP contribution >= 0.6 is 0 Å². The van der Waals surface area contributed by atoms with Crippen molar-refractivity contribution in [1.29, 1.82) is 0 Å². The van der Waals surface area contributed by atoms with Gasteiger partial charge in [-0.3, -0.25) is 9.78 Å². The van der Waals surface area contributed by atoms with Gasteiger partial charge in [-0.15, -0.1) is 0 Å². The molecule has 1 rings (SSSR count). The fraction of sp³-hybridized carbons (Fsp3) is 0.400. The summed E-state index contributed by atoms with van der Waals surface area (Å²) in [7, 11) is 0. The van der Waals surface area contributed by atoms with Crippen LogP contribution in [-0.4, -0.2) is 11.3 Å². The Labute approximate surface area is 72.6 Å². The molecule has 0 fully saturated rings. The summed E-state index contributed by atoms with van der Waals surface area (Å²) in [6, 6.07) is 5.39.